The average molecular weight is 355 g/mol. The van der Waals surface area contributed by atoms with Gasteiger partial charge in [0, 0.05) is 17.7 Å². The third kappa shape index (κ3) is 5.31. The summed E-state index contributed by atoms with van der Waals surface area (Å²) in [6.45, 7) is 5.38. The van der Waals surface area contributed by atoms with E-state index in [2.05, 4.69) is 17.4 Å². The lowest BCUT2D eigenvalue weighted by Gasteiger charge is -2.23. The highest BCUT2D eigenvalue weighted by Gasteiger charge is 2.14. The van der Waals surface area contributed by atoms with Gasteiger partial charge < -0.3 is 19.7 Å². The van der Waals surface area contributed by atoms with Crippen LogP contribution in [0.4, 0.5) is 0 Å². The molecular weight excluding hydrogens is 328 g/mol. The molecule has 1 heterocycles. The second-order valence-corrected chi connectivity index (χ2v) is 6.59. The number of nitrogens with one attached hydrogen (secondary N) is 2. The van der Waals surface area contributed by atoms with Crippen molar-refractivity contribution in [3.05, 3.63) is 65.2 Å². The van der Waals surface area contributed by atoms with Crippen LogP contribution in [-0.2, 0) is 17.7 Å². The number of methoxy groups -OCH3 is 1. The fourth-order valence-electron chi connectivity index (χ4n) is 3.11. The maximum absolute atomic E-state index is 12.3. The van der Waals surface area contributed by atoms with Crippen LogP contribution in [0.25, 0.3) is 0 Å². The lowest BCUT2D eigenvalue weighted by atomic mass is 10.1. The van der Waals surface area contributed by atoms with Gasteiger partial charge in [-0.25, -0.2) is 0 Å². The number of carbonyl (C=O) groups excluding carboxylic acids is 1. The summed E-state index contributed by atoms with van der Waals surface area (Å²) in [4.78, 5) is 13.8. The predicted molar refractivity (Wildman–Crippen MR) is 101 cm³/mol. The normalized spacial score (nSPS) is 14.8. The molecule has 3 rings (SSSR count). The minimum atomic E-state index is -0.0243. The van der Waals surface area contributed by atoms with Gasteiger partial charge in [0.15, 0.2) is 0 Å². The summed E-state index contributed by atoms with van der Waals surface area (Å²) in [5, 5.41) is 2.98. The molecule has 26 heavy (non-hydrogen) atoms. The summed E-state index contributed by atoms with van der Waals surface area (Å²) in [6.07, 6.45) is 0.800. The van der Waals surface area contributed by atoms with Crippen LogP contribution in [0.5, 0.6) is 5.75 Å². The van der Waals surface area contributed by atoms with Gasteiger partial charge in [0.1, 0.15) is 25.4 Å². The maximum atomic E-state index is 12.3. The molecule has 0 bridgehead atoms. The Morgan fingerprint density at radius 1 is 1.04 bits per heavy atom. The highest BCUT2D eigenvalue weighted by molar-refractivity contribution is 5.94. The van der Waals surface area contributed by atoms with Gasteiger partial charge in [-0.15, -0.1) is 0 Å². The van der Waals surface area contributed by atoms with Crippen molar-refractivity contribution >= 4 is 5.91 Å². The van der Waals surface area contributed by atoms with Crippen LogP contribution < -0.4 is 15.0 Å². The van der Waals surface area contributed by atoms with Gasteiger partial charge in [0.2, 0.25) is 0 Å². The maximum Gasteiger partial charge on any atom is 0.251 e. The Morgan fingerprint density at radius 2 is 1.69 bits per heavy atom. The monoisotopic (exact) mass is 355 g/mol. The molecule has 1 aliphatic heterocycles. The molecule has 1 fully saturated rings. The minimum absolute atomic E-state index is 0.0243. The Morgan fingerprint density at radius 3 is 2.35 bits per heavy atom. The van der Waals surface area contributed by atoms with Gasteiger partial charge in [0.05, 0.1) is 20.3 Å². The number of ether oxygens (including phenoxy) is 2. The molecule has 0 unspecified atom stereocenters. The Bertz CT molecular complexity index is 692. The van der Waals surface area contributed by atoms with Crippen molar-refractivity contribution in [2.45, 2.75) is 13.0 Å². The summed E-state index contributed by atoms with van der Waals surface area (Å²) in [7, 11) is 1.66. The molecule has 2 aromatic rings. The van der Waals surface area contributed by atoms with E-state index in [0.29, 0.717) is 12.1 Å². The zero-order chi connectivity index (χ0) is 18.2. The first kappa shape index (κ1) is 18.4. The summed E-state index contributed by atoms with van der Waals surface area (Å²) in [6, 6.07) is 15.9. The SMILES string of the molecule is COc1ccc(CCNC(=O)c2ccc(C[NH+]3CCOCC3)cc2)cc1. The van der Waals surface area contributed by atoms with Crippen molar-refractivity contribution in [2.24, 2.45) is 0 Å². The third-order valence-corrected chi connectivity index (χ3v) is 4.73. The number of morpholine rings is 1. The quantitative estimate of drug-likeness (QED) is 0.782. The van der Waals surface area contributed by atoms with Crippen LogP contribution in [0, 0.1) is 0 Å². The molecule has 2 aromatic carbocycles. The van der Waals surface area contributed by atoms with Gasteiger partial charge in [-0.2, -0.15) is 0 Å². The number of amides is 1. The van der Waals surface area contributed by atoms with E-state index in [0.717, 1.165) is 45.0 Å². The van der Waals surface area contributed by atoms with Crippen LogP contribution in [0.1, 0.15) is 21.5 Å². The Kier molecular flexibility index (Phi) is 6.63. The van der Waals surface area contributed by atoms with Gasteiger partial charge in [-0.3, -0.25) is 4.79 Å². The van der Waals surface area contributed by atoms with Crippen molar-refractivity contribution < 1.29 is 19.2 Å². The molecule has 0 radical (unpaired) electrons. The van der Waals surface area contributed by atoms with Gasteiger partial charge >= 0.3 is 0 Å². The molecule has 1 saturated heterocycles. The van der Waals surface area contributed by atoms with E-state index in [1.807, 2.05) is 36.4 Å². The molecule has 2 N–H and O–H groups in total. The van der Waals surface area contributed by atoms with Crippen molar-refractivity contribution in [3.63, 3.8) is 0 Å². The van der Waals surface area contributed by atoms with E-state index in [9.17, 15) is 4.79 Å². The largest absolute Gasteiger partial charge is 0.497 e. The molecule has 1 aliphatic rings. The standard InChI is InChI=1S/C21H26N2O3/c1-25-20-8-4-17(5-9-20)10-11-22-21(24)19-6-2-18(3-7-19)16-23-12-14-26-15-13-23/h2-9H,10-16H2,1H3,(H,22,24)/p+1. The minimum Gasteiger partial charge on any atom is -0.497 e. The molecule has 0 saturated carbocycles. The molecular formula is C21H27N2O3+. The summed E-state index contributed by atoms with van der Waals surface area (Å²) in [5.74, 6) is 0.820. The Hall–Kier alpha value is -2.37. The predicted octanol–water partition coefficient (Wildman–Crippen LogP) is 1.08. The van der Waals surface area contributed by atoms with Crippen molar-refractivity contribution in [2.75, 3.05) is 40.0 Å². The zero-order valence-corrected chi connectivity index (χ0v) is 15.3. The number of rotatable bonds is 7. The van der Waals surface area contributed by atoms with Gasteiger partial charge in [-0.1, -0.05) is 24.3 Å². The van der Waals surface area contributed by atoms with Crippen molar-refractivity contribution in [1.82, 2.24) is 5.32 Å². The fraction of sp³-hybridized carbons (Fsp3) is 0.381. The van der Waals surface area contributed by atoms with E-state index in [4.69, 9.17) is 9.47 Å². The third-order valence-electron chi connectivity index (χ3n) is 4.73. The van der Waals surface area contributed by atoms with Crippen molar-refractivity contribution in [1.29, 1.82) is 0 Å². The summed E-state index contributed by atoms with van der Waals surface area (Å²) >= 11 is 0. The van der Waals surface area contributed by atoms with Gasteiger partial charge in [0.25, 0.3) is 5.91 Å². The second-order valence-electron chi connectivity index (χ2n) is 6.59. The van der Waals surface area contributed by atoms with Gasteiger partial charge in [-0.05, 0) is 36.2 Å². The zero-order valence-electron chi connectivity index (χ0n) is 15.3. The molecule has 0 aliphatic carbocycles. The first-order chi connectivity index (χ1) is 12.7. The number of hydrogen-bond acceptors (Lipinski definition) is 3. The second kappa shape index (κ2) is 9.36. The average Bonchev–Trinajstić information content (AvgIpc) is 2.70. The van der Waals surface area contributed by atoms with Crippen LogP contribution in [-0.4, -0.2) is 45.9 Å². The van der Waals surface area contributed by atoms with Crippen LogP contribution in [0.3, 0.4) is 0 Å². The molecule has 1 amide bonds. The Balaban J connectivity index is 1.45. The van der Waals surface area contributed by atoms with E-state index < -0.39 is 0 Å². The first-order valence-electron chi connectivity index (χ1n) is 9.16. The first-order valence-corrected chi connectivity index (χ1v) is 9.16. The molecule has 0 spiro atoms. The molecule has 138 valence electrons. The molecule has 5 nitrogen and oxygen atoms in total. The Labute approximate surface area is 154 Å². The van der Waals surface area contributed by atoms with E-state index >= 15 is 0 Å². The fourth-order valence-corrected chi connectivity index (χ4v) is 3.11. The number of carbonyl (C=O) groups is 1. The summed E-state index contributed by atoms with van der Waals surface area (Å²) in [5.41, 5.74) is 3.15. The molecule has 0 aromatic heterocycles. The molecule has 0 atom stereocenters. The summed E-state index contributed by atoms with van der Waals surface area (Å²) < 4.78 is 10.5. The van der Waals surface area contributed by atoms with E-state index in [1.54, 1.807) is 7.11 Å². The van der Waals surface area contributed by atoms with E-state index in [1.165, 1.54) is 16.0 Å². The smallest absolute Gasteiger partial charge is 0.251 e. The topological polar surface area (TPSA) is 52.0 Å². The highest BCUT2D eigenvalue weighted by Crippen LogP contribution is 2.11. The van der Waals surface area contributed by atoms with Crippen LogP contribution in [0.15, 0.2) is 48.5 Å². The lowest BCUT2D eigenvalue weighted by Crippen LogP contribution is -3.12. The lowest BCUT2D eigenvalue weighted by molar-refractivity contribution is -0.921. The van der Waals surface area contributed by atoms with E-state index in [-0.39, 0.29) is 5.91 Å². The van der Waals surface area contributed by atoms with Crippen LogP contribution in [0.2, 0.25) is 0 Å². The number of quaternary nitrogens is 1. The van der Waals surface area contributed by atoms with Crippen LogP contribution >= 0.6 is 0 Å². The van der Waals surface area contributed by atoms with Crippen molar-refractivity contribution in [3.8, 4) is 5.75 Å². The number of hydrogen-bond donors (Lipinski definition) is 2. The number of benzene rings is 2. The molecule has 5 heteroatoms. The highest BCUT2D eigenvalue weighted by atomic mass is 16.5.